The molecule has 1 amide bonds. The number of hydrogen-bond donors (Lipinski definition) is 2. The van der Waals surface area contributed by atoms with E-state index >= 15 is 0 Å². The Morgan fingerprint density at radius 1 is 1.45 bits per heavy atom. The highest BCUT2D eigenvalue weighted by atomic mass is 35.5. The molecule has 7 heteroatoms. The highest BCUT2D eigenvalue weighted by Gasteiger charge is 2.12. The van der Waals surface area contributed by atoms with Crippen LogP contribution in [0, 0.1) is 10.1 Å². The summed E-state index contributed by atoms with van der Waals surface area (Å²) in [6.07, 6.45) is 2.96. The van der Waals surface area contributed by atoms with Crippen LogP contribution in [0.1, 0.15) is 16.8 Å². The van der Waals surface area contributed by atoms with Crippen LogP contribution < -0.4 is 10.6 Å². The predicted molar refractivity (Wildman–Crippen MR) is 78.2 cm³/mol. The van der Waals surface area contributed by atoms with E-state index in [0.717, 1.165) is 19.5 Å². The molecule has 0 saturated heterocycles. The number of nitro benzene ring substituents is 1. The first-order chi connectivity index (χ1) is 9.16. The van der Waals surface area contributed by atoms with Gasteiger partial charge in [0.15, 0.2) is 0 Å². The van der Waals surface area contributed by atoms with Crippen molar-refractivity contribution in [2.24, 2.45) is 0 Å². The average Bonchev–Trinajstić information content (AvgIpc) is 2.46. The van der Waals surface area contributed by atoms with Crippen molar-refractivity contribution in [2.45, 2.75) is 6.42 Å². The van der Waals surface area contributed by atoms with Gasteiger partial charge >= 0.3 is 0 Å². The van der Waals surface area contributed by atoms with Crippen molar-refractivity contribution in [3.63, 3.8) is 0 Å². The zero-order valence-corrected chi connectivity index (χ0v) is 11.6. The molecule has 0 spiro atoms. The minimum absolute atomic E-state index is 0. The first kappa shape index (κ1) is 16.1. The molecule has 0 aliphatic carbocycles. The van der Waals surface area contributed by atoms with Crippen molar-refractivity contribution in [3.05, 3.63) is 51.6 Å². The van der Waals surface area contributed by atoms with E-state index in [1.165, 1.54) is 23.8 Å². The lowest BCUT2D eigenvalue weighted by Gasteiger charge is -2.14. The van der Waals surface area contributed by atoms with Crippen molar-refractivity contribution in [3.8, 4) is 0 Å². The number of carbonyl (C=O) groups excluding carboxylic acids is 1. The third-order valence-electron chi connectivity index (χ3n) is 2.95. The fourth-order valence-electron chi connectivity index (χ4n) is 1.89. The molecule has 1 heterocycles. The van der Waals surface area contributed by atoms with E-state index in [4.69, 9.17) is 0 Å². The molecule has 108 valence electrons. The molecule has 6 nitrogen and oxygen atoms in total. The van der Waals surface area contributed by atoms with Crippen LogP contribution in [0.25, 0.3) is 0 Å². The second-order valence-electron chi connectivity index (χ2n) is 4.31. The standard InChI is InChI=1S/C13H15N3O3.ClH/c17-13(15-9-10-4-6-14-7-5-10)11-2-1-3-12(8-11)16(18)19;/h1-4,8,14H,5-7,9H2,(H,15,17);1H. The van der Waals surface area contributed by atoms with Crippen LogP contribution >= 0.6 is 12.4 Å². The van der Waals surface area contributed by atoms with E-state index in [0.29, 0.717) is 12.1 Å². The van der Waals surface area contributed by atoms with Crippen LogP contribution in [0.4, 0.5) is 5.69 Å². The summed E-state index contributed by atoms with van der Waals surface area (Å²) < 4.78 is 0. The number of non-ortho nitro benzene ring substituents is 1. The number of rotatable bonds is 4. The van der Waals surface area contributed by atoms with E-state index in [-0.39, 0.29) is 24.0 Å². The molecule has 2 N–H and O–H groups in total. The van der Waals surface area contributed by atoms with Gasteiger partial charge in [0.2, 0.25) is 0 Å². The van der Waals surface area contributed by atoms with Crippen molar-refractivity contribution < 1.29 is 9.72 Å². The summed E-state index contributed by atoms with van der Waals surface area (Å²) in [5.74, 6) is -0.289. The Hall–Kier alpha value is -1.92. The van der Waals surface area contributed by atoms with Crippen molar-refractivity contribution in [1.82, 2.24) is 10.6 Å². The summed E-state index contributed by atoms with van der Waals surface area (Å²) >= 11 is 0. The molecule has 1 aromatic rings. The van der Waals surface area contributed by atoms with Gasteiger partial charge in [-0.25, -0.2) is 0 Å². The Morgan fingerprint density at radius 2 is 2.25 bits per heavy atom. The zero-order valence-electron chi connectivity index (χ0n) is 10.8. The van der Waals surface area contributed by atoms with Gasteiger partial charge in [-0.2, -0.15) is 0 Å². The number of amides is 1. The number of carbonyl (C=O) groups is 1. The third kappa shape index (κ3) is 4.32. The van der Waals surface area contributed by atoms with E-state index < -0.39 is 4.92 Å². The van der Waals surface area contributed by atoms with Gasteiger partial charge in [0.1, 0.15) is 0 Å². The molecule has 0 saturated carbocycles. The van der Waals surface area contributed by atoms with Crippen LogP contribution in [-0.2, 0) is 0 Å². The predicted octanol–water partition coefficient (Wildman–Crippen LogP) is 1.67. The molecule has 1 aromatic carbocycles. The van der Waals surface area contributed by atoms with Gasteiger partial charge in [-0.15, -0.1) is 12.4 Å². The Labute approximate surface area is 122 Å². The highest BCUT2D eigenvalue weighted by molar-refractivity contribution is 5.94. The molecule has 1 aliphatic heterocycles. The van der Waals surface area contributed by atoms with Gasteiger partial charge in [-0.1, -0.05) is 17.7 Å². The normalized spacial score (nSPS) is 13.9. The summed E-state index contributed by atoms with van der Waals surface area (Å²) in [4.78, 5) is 22.0. The Morgan fingerprint density at radius 3 is 2.90 bits per heavy atom. The Balaban J connectivity index is 0.00000200. The highest BCUT2D eigenvalue weighted by Crippen LogP contribution is 2.13. The first-order valence-electron chi connectivity index (χ1n) is 6.08. The molecule has 0 aromatic heterocycles. The van der Waals surface area contributed by atoms with Crippen LogP contribution in [-0.4, -0.2) is 30.5 Å². The molecule has 0 radical (unpaired) electrons. The summed E-state index contributed by atoms with van der Waals surface area (Å²) in [6.45, 7) is 2.23. The largest absolute Gasteiger partial charge is 0.348 e. The summed E-state index contributed by atoms with van der Waals surface area (Å²) in [7, 11) is 0. The van der Waals surface area contributed by atoms with Gasteiger partial charge in [-0.3, -0.25) is 14.9 Å². The van der Waals surface area contributed by atoms with E-state index in [1.807, 2.05) is 0 Å². The molecule has 20 heavy (non-hydrogen) atoms. The molecule has 0 unspecified atom stereocenters. The number of nitrogens with one attached hydrogen (secondary N) is 2. The third-order valence-corrected chi connectivity index (χ3v) is 2.95. The van der Waals surface area contributed by atoms with Crippen molar-refractivity contribution in [2.75, 3.05) is 19.6 Å². The average molecular weight is 298 g/mol. The van der Waals surface area contributed by atoms with Gasteiger partial charge in [0, 0.05) is 30.8 Å². The summed E-state index contributed by atoms with van der Waals surface area (Å²) in [5, 5.41) is 16.6. The van der Waals surface area contributed by atoms with Crippen molar-refractivity contribution >= 4 is 24.0 Å². The van der Waals surface area contributed by atoms with Crippen molar-refractivity contribution in [1.29, 1.82) is 0 Å². The zero-order chi connectivity index (χ0) is 13.7. The van der Waals surface area contributed by atoms with Crippen LogP contribution in [0.3, 0.4) is 0 Å². The second-order valence-corrected chi connectivity index (χ2v) is 4.31. The molecule has 1 aliphatic rings. The molecule has 0 atom stereocenters. The van der Waals surface area contributed by atoms with E-state index in [9.17, 15) is 14.9 Å². The van der Waals surface area contributed by atoms with Gasteiger partial charge in [0.25, 0.3) is 11.6 Å². The van der Waals surface area contributed by atoms with E-state index in [1.54, 1.807) is 6.07 Å². The molecule has 2 rings (SSSR count). The van der Waals surface area contributed by atoms with E-state index in [2.05, 4.69) is 16.7 Å². The lowest BCUT2D eigenvalue weighted by Crippen LogP contribution is -2.29. The monoisotopic (exact) mass is 297 g/mol. The fraction of sp³-hybridized carbons (Fsp3) is 0.308. The van der Waals surface area contributed by atoms with Crippen LogP contribution in [0.2, 0.25) is 0 Å². The minimum Gasteiger partial charge on any atom is -0.348 e. The molecular formula is C13H16ClN3O3. The Kier molecular flexibility index (Phi) is 6.14. The van der Waals surface area contributed by atoms with Crippen LogP contribution in [0.5, 0.6) is 0 Å². The fourth-order valence-corrected chi connectivity index (χ4v) is 1.89. The number of nitro groups is 1. The molecular weight excluding hydrogens is 282 g/mol. The number of benzene rings is 1. The lowest BCUT2D eigenvalue weighted by molar-refractivity contribution is -0.384. The SMILES string of the molecule is Cl.O=C(NCC1=CCNCC1)c1cccc([N+](=O)[O-])c1. The number of nitrogens with zero attached hydrogens (tertiary/aromatic N) is 1. The quantitative estimate of drug-likeness (QED) is 0.503. The van der Waals surface area contributed by atoms with Gasteiger partial charge in [0.05, 0.1) is 4.92 Å². The first-order valence-corrected chi connectivity index (χ1v) is 6.08. The van der Waals surface area contributed by atoms with Gasteiger partial charge in [-0.05, 0) is 19.0 Å². The second kappa shape index (κ2) is 7.62. The molecule has 0 bridgehead atoms. The van der Waals surface area contributed by atoms with Gasteiger partial charge < -0.3 is 10.6 Å². The van der Waals surface area contributed by atoms with Crippen LogP contribution in [0.15, 0.2) is 35.9 Å². The number of hydrogen-bond acceptors (Lipinski definition) is 4. The maximum atomic E-state index is 11.9. The topological polar surface area (TPSA) is 84.3 Å². The Bertz CT molecular complexity index is 531. The summed E-state index contributed by atoms with van der Waals surface area (Å²) in [5.41, 5.74) is 1.41. The summed E-state index contributed by atoms with van der Waals surface area (Å²) in [6, 6.07) is 5.73. The molecule has 0 fully saturated rings. The maximum absolute atomic E-state index is 11.9. The maximum Gasteiger partial charge on any atom is 0.270 e. The number of halogens is 1. The minimum atomic E-state index is -0.508. The smallest absolute Gasteiger partial charge is 0.270 e. The lowest BCUT2D eigenvalue weighted by atomic mass is 10.1.